The van der Waals surface area contributed by atoms with Crippen molar-refractivity contribution in [1.29, 1.82) is 0 Å². The number of aromatic nitrogens is 1. The molecule has 3 rings (SSSR count). The lowest BCUT2D eigenvalue weighted by atomic mass is 10.1. The Morgan fingerprint density at radius 3 is 2.75 bits per heavy atom. The highest BCUT2D eigenvalue weighted by molar-refractivity contribution is 7.13. The Morgan fingerprint density at radius 2 is 1.95 bits per heavy atom. The van der Waals surface area contributed by atoms with Crippen LogP contribution in [0.1, 0.15) is 5.56 Å². The second kappa shape index (κ2) is 5.45. The van der Waals surface area contributed by atoms with Crippen LogP contribution in [0.3, 0.4) is 0 Å². The first-order valence-electron chi connectivity index (χ1n) is 6.31. The van der Waals surface area contributed by atoms with E-state index in [-0.39, 0.29) is 5.75 Å². The van der Waals surface area contributed by atoms with Crippen molar-refractivity contribution < 1.29 is 5.11 Å². The van der Waals surface area contributed by atoms with Gasteiger partial charge in [0.25, 0.3) is 0 Å². The summed E-state index contributed by atoms with van der Waals surface area (Å²) in [6, 6.07) is 15.3. The summed E-state index contributed by atoms with van der Waals surface area (Å²) >= 11 is 1.56. The summed E-state index contributed by atoms with van der Waals surface area (Å²) in [5.74, 6) is 0.250. The average Bonchev–Trinajstić information content (AvgIpc) is 2.97. The second-order valence-electron chi connectivity index (χ2n) is 4.46. The Bertz CT molecular complexity index is 737. The molecule has 0 aliphatic rings. The minimum absolute atomic E-state index is 0.250. The maximum Gasteiger partial charge on any atom is 0.125 e. The molecule has 0 amide bonds. The van der Waals surface area contributed by atoms with E-state index in [0.29, 0.717) is 6.54 Å². The van der Waals surface area contributed by atoms with E-state index in [0.717, 1.165) is 27.4 Å². The Labute approximate surface area is 121 Å². The maximum atomic E-state index is 9.87. The van der Waals surface area contributed by atoms with Crippen LogP contribution in [0.25, 0.3) is 21.8 Å². The quantitative estimate of drug-likeness (QED) is 0.771. The first kappa shape index (κ1) is 12.8. The molecule has 100 valence electrons. The van der Waals surface area contributed by atoms with E-state index in [9.17, 15) is 5.11 Å². The number of hydrogen-bond acceptors (Lipinski definition) is 4. The number of phenolic OH excluding ortho intramolecular Hbond substituents is 1. The highest BCUT2D eigenvalue weighted by atomic mass is 32.1. The lowest BCUT2D eigenvalue weighted by molar-refractivity contribution is 0.477. The number of nitrogens with zero attached hydrogens (tertiary/aromatic N) is 1. The van der Waals surface area contributed by atoms with Crippen LogP contribution in [0.15, 0.2) is 53.9 Å². The van der Waals surface area contributed by atoms with E-state index in [4.69, 9.17) is 5.73 Å². The van der Waals surface area contributed by atoms with Crippen molar-refractivity contribution in [2.75, 3.05) is 0 Å². The van der Waals surface area contributed by atoms with E-state index in [1.165, 1.54) is 0 Å². The highest BCUT2D eigenvalue weighted by Gasteiger charge is 2.09. The predicted octanol–water partition coefficient (Wildman–Crippen LogP) is 3.64. The van der Waals surface area contributed by atoms with Crippen molar-refractivity contribution in [1.82, 2.24) is 4.98 Å². The Hall–Kier alpha value is -2.17. The summed E-state index contributed by atoms with van der Waals surface area (Å²) in [6.45, 7) is 0.519. The molecule has 3 N–H and O–H groups in total. The Balaban J connectivity index is 2.00. The van der Waals surface area contributed by atoms with Gasteiger partial charge in [0.05, 0.1) is 5.69 Å². The van der Waals surface area contributed by atoms with Gasteiger partial charge in [-0.1, -0.05) is 30.3 Å². The standard InChI is InChI=1S/C16H14N2OS/c17-9-11-4-3-5-12(8-11)16-18-14(10-20-16)13-6-1-2-7-15(13)19/h1-8,10,19H,9,17H2. The first-order chi connectivity index (χ1) is 9.78. The van der Waals surface area contributed by atoms with Crippen LogP contribution in [-0.2, 0) is 6.54 Å². The molecule has 0 aliphatic carbocycles. The van der Waals surface area contributed by atoms with Crippen LogP contribution in [0.4, 0.5) is 0 Å². The summed E-state index contributed by atoms with van der Waals surface area (Å²) in [5, 5.41) is 12.8. The summed E-state index contributed by atoms with van der Waals surface area (Å²) in [5.41, 5.74) is 9.35. The normalized spacial score (nSPS) is 10.7. The summed E-state index contributed by atoms with van der Waals surface area (Å²) in [6.07, 6.45) is 0. The zero-order valence-corrected chi connectivity index (χ0v) is 11.6. The number of phenols is 1. The number of rotatable bonds is 3. The molecule has 0 saturated heterocycles. The molecule has 0 saturated carbocycles. The van der Waals surface area contributed by atoms with Gasteiger partial charge in [-0.05, 0) is 23.8 Å². The molecule has 20 heavy (non-hydrogen) atoms. The molecule has 2 aromatic carbocycles. The number of nitrogens with two attached hydrogens (primary N) is 1. The van der Waals surface area contributed by atoms with Gasteiger partial charge in [-0.2, -0.15) is 0 Å². The third-order valence-corrected chi connectivity index (χ3v) is 3.99. The molecule has 1 heterocycles. The minimum Gasteiger partial charge on any atom is -0.507 e. The van der Waals surface area contributed by atoms with Crippen molar-refractivity contribution >= 4 is 11.3 Å². The third kappa shape index (κ3) is 2.43. The van der Waals surface area contributed by atoms with Gasteiger partial charge in [0.15, 0.2) is 0 Å². The van der Waals surface area contributed by atoms with E-state index in [1.54, 1.807) is 23.5 Å². The smallest absolute Gasteiger partial charge is 0.125 e. The van der Waals surface area contributed by atoms with Gasteiger partial charge in [0.2, 0.25) is 0 Å². The number of aromatic hydroxyl groups is 1. The van der Waals surface area contributed by atoms with Crippen molar-refractivity contribution in [3.05, 3.63) is 59.5 Å². The zero-order valence-electron chi connectivity index (χ0n) is 10.8. The van der Waals surface area contributed by atoms with Gasteiger partial charge in [0, 0.05) is 23.1 Å². The van der Waals surface area contributed by atoms with E-state index < -0.39 is 0 Å². The molecule has 0 unspecified atom stereocenters. The fraction of sp³-hybridized carbons (Fsp3) is 0.0625. The van der Waals surface area contributed by atoms with Gasteiger partial charge in [-0.3, -0.25) is 0 Å². The molecule has 0 spiro atoms. The number of thiazole rings is 1. The molecule has 0 fully saturated rings. The lowest BCUT2D eigenvalue weighted by Gasteiger charge is -2.01. The second-order valence-corrected chi connectivity index (χ2v) is 5.32. The van der Waals surface area contributed by atoms with Gasteiger partial charge < -0.3 is 10.8 Å². The molecular formula is C16H14N2OS. The average molecular weight is 282 g/mol. The predicted molar refractivity (Wildman–Crippen MR) is 82.5 cm³/mol. The summed E-state index contributed by atoms with van der Waals surface area (Å²) in [4.78, 5) is 4.60. The molecule has 0 atom stereocenters. The zero-order chi connectivity index (χ0) is 13.9. The Kier molecular flexibility index (Phi) is 3.50. The van der Waals surface area contributed by atoms with Crippen LogP contribution in [0.5, 0.6) is 5.75 Å². The number of para-hydroxylation sites is 1. The monoisotopic (exact) mass is 282 g/mol. The van der Waals surface area contributed by atoms with Gasteiger partial charge >= 0.3 is 0 Å². The Morgan fingerprint density at radius 1 is 1.10 bits per heavy atom. The molecule has 1 aromatic heterocycles. The molecule has 3 aromatic rings. The van der Waals surface area contributed by atoms with Crippen molar-refractivity contribution in [3.63, 3.8) is 0 Å². The van der Waals surface area contributed by atoms with Crippen LogP contribution < -0.4 is 5.73 Å². The van der Waals surface area contributed by atoms with Gasteiger partial charge in [-0.15, -0.1) is 11.3 Å². The van der Waals surface area contributed by atoms with Crippen LogP contribution in [-0.4, -0.2) is 10.1 Å². The summed E-state index contributed by atoms with van der Waals surface area (Å²) < 4.78 is 0. The topological polar surface area (TPSA) is 59.1 Å². The molecular weight excluding hydrogens is 268 g/mol. The molecule has 0 aliphatic heterocycles. The molecule has 0 bridgehead atoms. The van der Waals surface area contributed by atoms with Crippen molar-refractivity contribution in [2.24, 2.45) is 5.73 Å². The third-order valence-electron chi connectivity index (χ3n) is 3.09. The van der Waals surface area contributed by atoms with Gasteiger partial charge in [0.1, 0.15) is 10.8 Å². The van der Waals surface area contributed by atoms with Crippen molar-refractivity contribution in [2.45, 2.75) is 6.54 Å². The largest absolute Gasteiger partial charge is 0.507 e. The highest BCUT2D eigenvalue weighted by Crippen LogP contribution is 2.33. The van der Waals surface area contributed by atoms with Crippen molar-refractivity contribution in [3.8, 4) is 27.6 Å². The van der Waals surface area contributed by atoms with E-state index in [1.807, 2.05) is 41.8 Å². The maximum absolute atomic E-state index is 9.87. The lowest BCUT2D eigenvalue weighted by Crippen LogP contribution is -1.95. The SMILES string of the molecule is NCc1cccc(-c2nc(-c3ccccc3O)cs2)c1. The molecule has 0 radical (unpaired) electrons. The number of hydrogen-bond donors (Lipinski definition) is 2. The fourth-order valence-corrected chi connectivity index (χ4v) is 2.87. The number of benzene rings is 2. The van der Waals surface area contributed by atoms with Crippen LogP contribution in [0, 0.1) is 0 Å². The van der Waals surface area contributed by atoms with E-state index in [2.05, 4.69) is 4.98 Å². The van der Waals surface area contributed by atoms with E-state index >= 15 is 0 Å². The van der Waals surface area contributed by atoms with Crippen LogP contribution in [0.2, 0.25) is 0 Å². The minimum atomic E-state index is 0.250. The molecule has 4 heteroatoms. The van der Waals surface area contributed by atoms with Crippen LogP contribution >= 0.6 is 11.3 Å². The van der Waals surface area contributed by atoms with Gasteiger partial charge in [-0.25, -0.2) is 4.98 Å². The first-order valence-corrected chi connectivity index (χ1v) is 7.19. The fourth-order valence-electron chi connectivity index (χ4n) is 2.05. The summed E-state index contributed by atoms with van der Waals surface area (Å²) in [7, 11) is 0. The molecule has 3 nitrogen and oxygen atoms in total.